The number of nitrogens with one attached hydrogen (secondary N) is 1. The van der Waals surface area contributed by atoms with Crippen molar-refractivity contribution in [2.75, 3.05) is 12.3 Å². The molecule has 1 aliphatic rings. The summed E-state index contributed by atoms with van der Waals surface area (Å²) in [5.41, 5.74) is 1.10. The Labute approximate surface area is 108 Å². The van der Waals surface area contributed by atoms with Gasteiger partial charge in [0.25, 0.3) is 0 Å². The van der Waals surface area contributed by atoms with Gasteiger partial charge in [-0.05, 0) is 26.7 Å². The minimum absolute atomic E-state index is 0.197. The Hall–Kier alpha value is -0.880. The molecule has 1 fully saturated rings. The Kier molecular flexibility index (Phi) is 4.07. The highest BCUT2D eigenvalue weighted by molar-refractivity contribution is 7.92. The molecule has 1 aromatic rings. The molecule has 1 N–H and O–H groups in total. The van der Waals surface area contributed by atoms with E-state index in [-0.39, 0.29) is 5.25 Å². The van der Waals surface area contributed by atoms with E-state index in [1.807, 2.05) is 17.1 Å². The molecule has 0 spiro atoms. The third-order valence-electron chi connectivity index (χ3n) is 3.35. The second kappa shape index (κ2) is 5.40. The third kappa shape index (κ3) is 3.11. The summed E-state index contributed by atoms with van der Waals surface area (Å²) in [6.45, 7) is 5.39. The summed E-state index contributed by atoms with van der Waals surface area (Å²) in [4.78, 5) is 0. The molecule has 0 aliphatic carbocycles. The Balaban J connectivity index is 1.81. The van der Waals surface area contributed by atoms with E-state index in [0.29, 0.717) is 24.9 Å². The molecule has 0 amide bonds. The lowest BCUT2D eigenvalue weighted by Gasteiger charge is -2.09. The minimum atomic E-state index is -2.83. The number of aromatic nitrogens is 2. The summed E-state index contributed by atoms with van der Waals surface area (Å²) < 4.78 is 25.2. The molecule has 18 heavy (non-hydrogen) atoms. The lowest BCUT2D eigenvalue weighted by Crippen LogP contribution is -2.30. The molecule has 102 valence electrons. The molecule has 5 nitrogen and oxygen atoms in total. The zero-order valence-electron chi connectivity index (χ0n) is 11.0. The molecule has 1 aromatic heterocycles. The van der Waals surface area contributed by atoms with Crippen molar-refractivity contribution in [1.82, 2.24) is 15.1 Å². The van der Waals surface area contributed by atoms with E-state index in [4.69, 9.17) is 0 Å². The average molecular weight is 271 g/mol. The monoisotopic (exact) mass is 271 g/mol. The molecule has 0 radical (unpaired) electrons. The van der Waals surface area contributed by atoms with Crippen molar-refractivity contribution in [3.63, 3.8) is 0 Å². The van der Waals surface area contributed by atoms with Gasteiger partial charge in [0.15, 0.2) is 9.84 Å². The van der Waals surface area contributed by atoms with E-state index < -0.39 is 9.84 Å². The normalized spacial score (nSPS) is 22.7. The maximum Gasteiger partial charge on any atom is 0.154 e. The fraction of sp³-hybridized carbons (Fsp3) is 0.750. The lowest BCUT2D eigenvalue weighted by molar-refractivity contribution is 0.531. The van der Waals surface area contributed by atoms with Gasteiger partial charge in [-0.1, -0.05) is 0 Å². The SMILES string of the molecule is CC(C)n1cc(CNCC2CCCS2(=O)=O)cn1. The molecule has 6 heteroatoms. The van der Waals surface area contributed by atoms with Crippen LogP contribution in [-0.4, -0.2) is 35.7 Å². The smallest absolute Gasteiger partial charge is 0.154 e. The molecule has 0 bridgehead atoms. The summed E-state index contributed by atoms with van der Waals surface area (Å²) in [7, 11) is -2.83. The first-order valence-corrected chi connectivity index (χ1v) is 8.16. The van der Waals surface area contributed by atoms with E-state index in [2.05, 4.69) is 24.3 Å². The summed E-state index contributed by atoms with van der Waals surface area (Å²) in [5, 5.41) is 7.28. The predicted molar refractivity (Wildman–Crippen MR) is 71.1 cm³/mol. The van der Waals surface area contributed by atoms with Crippen LogP contribution in [0.25, 0.3) is 0 Å². The number of hydrogen-bond donors (Lipinski definition) is 1. The molecule has 1 atom stereocenters. The van der Waals surface area contributed by atoms with Crippen molar-refractivity contribution < 1.29 is 8.42 Å². The van der Waals surface area contributed by atoms with E-state index in [1.54, 1.807) is 0 Å². The number of nitrogens with zero attached hydrogens (tertiary/aromatic N) is 2. The van der Waals surface area contributed by atoms with Crippen molar-refractivity contribution >= 4 is 9.84 Å². The topological polar surface area (TPSA) is 64.0 Å². The Morgan fingerprint density at radius 2 is 2.33 bits per heavy atom. The standard InChI is InChI=1S/C12H21N3O2S/c1-10(2)15-9-11(7-14-15)6-13-8-12-4-3-5-18(12,16)17/h7,9-10,12-13H,3-6,8H2,1-2H3. The van der Waals surface area contributed by atoms with Crippen molar-refractivity contribution in [2.24, 2.45) is 0 Å². The largest absolute Gasteiger partial charge is 0.311 e. The van der Waals surface area contributed by atoms with Gasteiger partial charge >= 0.3 is 0 Å². The van der Waals surface area contributed by atoms with Gasteiger partial charge < -0.3 is 5.32 Å². The maximum absolute atomic E-state index is 11.6. The summed E-state index contributed by atoms with van der Waals surface area (Å²) in [6.07, 6.45) is 5.43. The quantitative estimate of drug-likeness (QED) is 0.872. The Bertz CT molecular complexity index is 493. The summed E-state index contributed by atoms with van der Waals surface area (Å²) in [5.74, 6) is 0.352. The van der Waals surface area contributed by atoms with Crippen LogP contribution < -0.4 is 5.32 Å². The lowest BCUT2D eigenvalue weighted by atomic mass is 10.2. The average Bonchev–Trinajstić information content (AvgIpc) is 2.86. The highest BCUT2D eigenvalue weighted by Crippen LogP contribution is 2.19. The summed E-state index contributed by atoms with van der Waals surface area (Å²) in [6, 6.07) is 0.356. The molecular formula is C12H21N3O2S. The number of rotatable bonds is 5. The van der Waals surface area contributed by atoms with Crippen LogP contribution in [-0.2, 0) is 16.4 Å². The van der Waals surface area contributed by atoms with E-state index >= 15 is 0 Å². The first kappa shape index (κ1) is 13.5. The van der Waals surface area contributed by atoms with Crippen molar-refractivity contribution in [3.05, 3.63) is 18.0 Å². The zero-order chi connectivity index (χ0) is 13.2. The maximum atomic E-state index is 11.6. The highest BCUT2D eigenvalue weighted by atomic mass is 32.2. The van der Waals surface area contributed by atoms with Gasteiger partial charge in [0.05, 0.1) is 17.2 Å². The fourth-order valence-electron chi connectivity index (χ4n) is 2.22. The molecular weight excluding hydrogens is 250 g/mol. The highest BCUT2D eigenvalue weighted by Gasteiger charge is 2.30. The van der Waals surface area contributed by atoms with Crippen molar-refractivity contribution in [3.8, 4) is 0 Å². The zero-order valence-corrected chi connectivity index (χ0v) is 11.8. The van der Waals surface area contributed by atoms with Crippen LogP contribution in [0.15, 0.2) is 12.4 Å². The number of sulfone groups is 1. The van der Waals surface area contributed by atoms with Gasteiger partial charge in [0.2, 0.25) is 0 Å². The second-order valence-corrected chi connectivity index (χ2v) is 7.59. The Morgan fingerprint density at radius 1 is 1.56 bits per heavy atom. The molecule has 1 saturated heterocycles. The van der Waals surface area contributed by atoms with Gasteiger partial charge in [0, 0.05) is 30.9 Å². The van der Waals surface area contributed by atoms with E-state index in [0.717, 1.165) is 18.4 Å². The van der Waals surface area contributed by atoms with Gasteiger partial charge in [0.1, 0.15) is 0 Å². The summed E-state index contributed by atoms with van der Waals surface area (Å²) >= 11 is 0. The van der Waals surface area contributed by atoms with Gasteiger partial charge in [-0.2, -0.15) is 5.10 Å². The van der Waals surface area contributed by atoms with Crippen LogP contribution in [0.4, 0.5) is 0 Å². The van der Waals surface area contributed by atoms with Crippen molar-refractivity contribution in [2.45, 2.75) is 44.5 Å². The molecule has 0 saturated carbocycles. The van der Waals surface area contributed by atoms with Gasteiger partial charge in [-0.25, -0.2) is 8.42 Å². The van der Waals surface area contributed by atoms with E-state index in [1.165, 1.54) is 0 Å². The molecule has 0 aromatic carbocycles. The van der Waals surface area contributed by atoms with Crippen LogP contribution in [0, 0.1) is 0 Å². The Morgan fingerprint density at radius 3 is 2.89 bits per heavy atom. The van der Waals surface area contributed by atoms with Crippen LogP contribution in [0.1, 0.15) is 38.3 Å². The third-order valence-corrected chi connectivity index (χ3v) is 5.62. The molecule has 1 aliphatic heterocycles. The van der Waals surface area contributed by atoms with Gasteiger partial charge in [-0.3, -0.25) is 4.68 Å². The number of hydrogen-bond acceptors (Lipinski definition) is 4. The van der Waals surface area contributed by atoms with Crippen LogP contribution in [0.2, 0.25) is 0 Å². The predicted octanol–water partition coefficient (Wildman–Crippen LogP) is 1.13. The minimum Gasteiger partial charge on any atom is -0.311 e. The second-order valence-electron chi connectivity index (χ2n) is 5.18. The first-order chi connectivity index (χ1) is 8.49. The van der Waals surface area contributed by atoms with Crippen LogP contribution in [0.5, 0.6) is 0 Å². The van der Waals surface area contributed by atoms with Crippen molar-refractivity contribution in [1.29, 1.82) is 0 Å². The van der Waals surface area contributed by atoms with Crippen LogP contribution >= 0.6 is 0 Å². The molecule has 2 heterocycles. The van der Waals surface area contributed by atoms with Gasteiger partial charge in [-0.15, -0.1) is 0 Å². The first-order valence-electron chi connectivity index (χ1n) is 6.44. The molecule has 1 unspecified atom stereocenters. The van der Waals surface area contributed by atoms with E-state index in [9.17, 15) is 8.42 Å². The van der Waals surface area contributed by atoms with Crippen LogP contribution in [0.3, 0.4) is 0 Å². The molecule has 2 rings (SSSR count). The fourth-order valence-corrected chi connectivity index (χ4v) is 4.02.